The number of aromatic hydroxyl groups is 1. The van der Waals surface area contributed by atoms with Gasteiger partial charge < -0.3 is 15.2 Å². The molecule has 2 N–H and O–H groups in total. The standard InChI is InChI=1S/C22H26FNO3/c23-20-9-4-8-19(21(20)25)16-10-12-17(13-11-16)22(26)24-14-5-15-27-18-6-2-1-3-7-18/h4,8-13,18,25H,1-3,5-7,14-15H2,(H,24,26). The number of hydrogen-bond acceptors (Lipinski definition) is 3. The molecule has 0 aromatic heterocycles. The summed E-state index contributed by atoms with van der Waals surface area (Å²) in [7, 11) is 0. The SMILES string of the molecule is O=C(NCCCOC1CCCCC1)c1ccc(-c2cccc(F)c2O)cc1. The minimum atomic E-state index is -0.662. The second-order valence-corrected chi connectivity index (χ2v) is 6.95. The summed E-state index contributed by atoms with van der Waals surface area (Å²) >= 11 is 0. The number of halogens is 1. The van der Waals surface area contributed by atoms with Gasteiger partial charge in [0, 0.05) is 24.3 Å². The van der Waals surface area contributed by atoms with Crippen LogP contribution >= 0.6 is 0 Å². The fraction of sp³-hybridized carbons (Fsp3) is 0.409. The van der Waals surface area contributed by atoms with E-state index in [0.29, 0.717) is 35.9 Å². The average molecular weight is 371 g/mol. The Bertz CT molecular complexity index is 755. The van der Waals surface area contributed by atoms with Crippen LogP contribution < -0.4 is 5.32 Å². The molecule has 0 saturated heterocycles. The predicted molar refractivity (Wildman–Crippen MR) is 103 cm³/mol. The summed E-state index contributed by atoms with van der Waals surface area (Å²) in [6.45, 7) is 1.24. The molecule has 1 saturated carbocycles. The molecule has 144 valence electrons. The normalized spacial score (nSPS) is 14.9. The molecule has 0 atom stereocenters. The molecule has 1 amide bonds. The largest absolute Gasteiger partial charge is 0.504 e. The molecule has 0 spiro atoms. The molecule has 0 aliphatic heterocycles. The van der Waals surface area contributed by atoms with Crippen molar-refractivity contribution >= 4 is 5.91 Å². The van der Waals surface area contributed by atoms with Gasteiger partial charge in [0.1, 0.15) is 0 Å². The Labute approximate surface area is 159 Å². The molecule has 27 heavy (non-hydrogen) atoms. The zero-order chi connectivity index (χ0) is 19.1. The lowest BCUT2D eigenvalue weighted by atomic mass is 9.98. The molecule has 0 bridgehead atoms. The maximum atomic E-state index is 13.5. The number of phenolic OH excluding ortho intramolecular Hbond substituents is 1. The molecule has 2 aromatic rings. The van der Waals surface area contributed by atoms with Crippen LogP contribution in [-0.4, -0.2) is 30.3 Å². The highest BCUT2D eigenvalue weighted by Gasteiger charge is 2.13. The van der Waals surface area contributed by atoms with E-state index in [0.717, 1.165) is 19.3 Å². The second kappa shape index (κ2) is 9.51. The maximum absolute atomic E-state index is 13.5. The first-order valence-electron chi connectivity index (χ1n) is 9.63. The fourth-order valence-electron chi connectivity index (χ4n) is 3.41. The first kappa shape index (κ1) is 19.4. The van der Waals surface area contributed by atoms with Crippen molar-refractivity contribution in [2.75, 3.05) is 13.2 Å². The summed E-state index contributed by atoms with van der Waals surface area (Å²) < 4.78 is 19.3. The van der Waals surface area contributed by atoms with E-state index in [1.165, 1.54) is 25.3 Å². The summed E-state index contributed by atoms with van der Waals surface area (Å²) in [6.07, 6.45) is 7.31. The molecule has 1 fully saturated rings. The monoisotopic (exact) mass is 371 g/mol. The van der Waals surface area contributed by atoms with Gasteiger partial charge in [0.15, 0.2) is 11.6 Å². The third-order valence-electron chi connectivity index (χ3n) is 4.96. The van der Waals surface area contributed by atoms with Crippen molar-refractivity contribution in [2.45, 2.75) is 44.6 Å². The predicted octanol–water partition coefficient (Wildman–Crippen LogP) is 4.67. The summed E-state index contributed by atoms with van der Waals surface area (Å²) in [5.74, 6) is -1.19. The van der Waals surface area contributed by atoms with Crippen molar-refractivity contribution < 1.29 is 19.0 Å². The van der Waals surface area contributed by atoms with E-state index in [4.69, 9.17) is 4.74 Å². The third-order valence-corrected chi connectivity index (χ3v) is 4.96. The molecule has 5 heteroatoms. The number of phenols is 1. The van der Waals surface area contributed by atoms with E-state index in [9.17, 15) is 14.3 Å². The van der Waals surface area contributed by atoms with Crippen LogP contribution in [0.3, 0.4) is 0 Å². The molecule has 1 aliphatic rings. The molecule has 3 rings (SSSR count). The van der Waals surface area contributed by atoms with Gasteiger partial charge in [-0.3, -0.25) is 4.79 Å². The molecule has 1 aliphatic carbocycles. The molecule has 4 nitrogen and oxygen atoms in total. The Kier molecular flexibility index (Phi) is 6.82. The smallest absolute Gasteiger partial charge is 0.251 e. The van der Waals surface area contributed by atoms with Crippen molar-refractivity contribution in [2.24, 2.45) is 0 Å². The number of amides is 1. The van der Waals surface area contributed by atoms with Crippen LogP contribution in [0, 0.1) is 5.82 Å². The van der Waals surface area contributed by atoms with E-state index >= 15 is 0 Å². The van der Waals surface area contributed by atoms with Crippen molar-refractivity contribution in [1.82, 2.24) is 5.32 Å². The lowest BCUT2D eigenvalue weighted by Gasteiger charge is -2.21. The van der Waals surface area contributed by atoms with Crippen LogP contribution in [0.4, 0.5) is 4.39 Å². The van der Waals surface area contributed by atoms with Crippen LogP contribution in [0.2, 0.25) is 0 Å². The van der Waals surface area contributed by atoms with Gasteiger partial charge in [0.25, 0.3) is 5.91 Å². The van der Waals surface area contributed by atoms with E-state index < -0.39 is 5.82 Å². The van der Waals surface area contributed by atoms with E-state index in [-0.39, 0.29) is 11.7 Å². The second-order valence-electron chi connectivity index (χ2n) is 6.95. The van der Waals surface area contributed by atoms with E-state index in [1.54, 1.807) is 36.4 Å². The van der Waals surface area contributed by atoms with Gasteiger partial charge in [-0.15, -0.1) is 0 Å². The highest BCUT2D eigenvalue weighted by Crippen LogP contribution is 2.31. The molecular weight excluding hydrogens is 345 g/mol. The average Bonchev–Trinajstić information content (AvgIpc) is 2.70. The zero-order valence-corrected chi connectivity index (χ0v) is 15.4. The molecule has 2 aromatic carbocycles. The number of hydrogen-bond donors (Lipinski definition) is 2. The lowest BCUT2D eigenvalue weighted by Crippen LogP contribution is -2.26. The van der Waals surface area contributed by atoms with E-state index in [1.807, 2.05) is 0 Å². The minimum Gasteiger partial charge on any atom is -0.504 e. The van der Waals surface area contributed by atoms with Gasteiger partial charge in [-0.2, -0.15) is 0 Å². The number of ether oxygens (including phenoxy) is 1. The van der Waals surface area contributed by atoms with Crippen LogP contribution in [0.15, 0.2) is 42.5 Å². The first-order valence-corrected chi connectivity index (χ1v) is 9.63. The Morgan fingerprint density at radius 1 is 1.11 bits per heavy atom. The number of benzene rings is 2. The Morgan fingerprint density at radius 3 is 2.59 bits per heavy atom. The minimum absolute atomic E-state index is 0.150. The number of nitrogens with one attached hydrogen (secondary N) is 1. The van der Waals surface area contributed by atoms with Gasteiger partial charge in [0.2, 0.25) is 0 Å². The van der Waals surface area contributed by atoms with Gasteiger partial charge >= 0.3 is 0 Å². The Morgan fingerprint density at radius 2 is 1.85 bits per heavy atom. The first-order chi connectivity index (χ1) is 13.1. The Balaban J connectivity index is 1.45. The highest BCUT2D eigenvalue weighted by atomic mass is 19.1. The quantitative estimate of drug-likeness (QED) is 0.696. The number of para-hydroxylation sites is 1. The van der Waals surface area contributed by atoms with Gasteiger partial charge in [-0.05, 0) is 43.0 Å². The number of rotatable bonds is 7. The zero-order valence-electron chi connectivity index (χ0n) is 15.4. The maximum Gasteiger partial charge on any atom is 0.251 e. The van der Waals surface area contributed by atoms with Gasteiger partial charge in [0.05, 0.1) is 6.10 Å². The summed E-state index contributed by atoms with van der Waals surface area (Å²) in [5.41, 5.74) is 1.59. The molecular formula is C22H26FNO3. The van der Waals surface area contributed by atoms with Crippen molar-refractivity contribution in [1.29, 1.82) is 0 Å². The topological polar surface area (TPSA) is 58.6 Å². The summed E-state index contributed by atoms with van der Waals surface area (Å²) in [5, 5.41) is 12.7. The highest BCUT2D eigenvalue weighted by molar-refractivity contribution is 5.94. The van der Waals surface area contributed by atoms with E-state index in [2.05, 4.69) is 5.32 Å². The summed E-state index contributed by atoms with van der Waals surface area (Å²) in [6, 6.07) is 11.1. The van der Waals surface area contributed by atoms with Crippen molar-refractivity contribution in [3.05, 3.63) is 53.8 Å². The van der Waals surface area contributed by atoms with Crippen LogP contribution in [-0.2, 0) is 4.74 Å². The van der Waals surface area contributed by atoms with Crippen molar-refractivity contribution in [3.63, 3.8) is 0 Å². The van der Waals surface area contributed by atoms with Crippen molar-refractivity contribution in [3.8, 4) is 16.9 Å². The van der Waals surface area contributed by atoms with Gasteiger partial charge in [-0.1, -0.05) is 43.5 Å². The third kappa shape index (κ3) is 5.30. The lowest BCUT2D eigenvalue weighted by molar-refractivity contribution is 0.0273. The molecule has 0 heterocycles. The van der Waals surface area contributed by atoms with Crippen LogP contribution in [0.5, 0.6) is 5.75 Å². The van der Waals surface area contributed by atoms with Crippen LogP contribution in [0.1, 0.15) is 48.9 Å². The Hall–Kier alpha value is -2.40. The molecule has 0 unspecified atom stereocenters. The fourth-order valence-corrected chi connectivity index (χ4v) is 3.41. The number of carbonyl (C=O) groups excluding carboxylic acids is 1. The molecule has 0 radical (unpaired) electrons. The van der Waals surface area contributed by atoms with Crippen LogP contribution in [0.25, 0.3) is 11.1 Å². The number of carbonyl (C=O) groups is 1. The summed E-state index contributed by atoms with van der Waals surface area (Å²) in [4.78, 5) is 12.2. The van der Waals surface area contributed by atoms with Gasteiger partial charge in [-0.25, -0.2) is 4.39 Å².